The van der Waals surface area contributed by atoms with E-state index < -0.39 is 0 Å². The van der Waals surface area contributed by atoms with Gasteiger partial charge in [-0.15, -0.1) is 0 Å². The van der Waals surface area contributed by atoms with Crippen LogP contribution in [0.1, 0.15) is 0 Å². The maximum absolute atomic E-state index is 2.51. The molecule has 0 aliphatic heterocycles. The van der Waals surface area contributed by atoms with Crippen LogP contribution in [0.5, 0.6) is 0 Å². The predicted molar refractivity (Wildman–Crippen MR) is 263 cm³/mol. The van der Waals surface area contributed by atoms with E-state index in [1.807, 2.05) is 11.3 Å². The van der Waals surface area contributed by atoms with Crippen LogP contribution in [0, 0.1) is 0 Å². The molecule has 11 aromatic carbocycles. The summed E-state index contributed by atoms with van der Waals surface area (Å²) in [4.78, 5) is 0. The summed E-state index contributed by atoms with van der Waals surface area (Å²) in [7, 11) is 0. The van der Waals surface area contributed by atoms with Crippen LogP contribution in [0.15, 0.2) is 206 Å². The molecule has 0 nitrogen and oxygen atoms in total. The van der Waals surface area contributed by atoms with Crippen LogP contribution in [0.4, 0.5) is 0 Å². The fraction of sp³-hybridized carbons (Fsp3) is 0. The third kappa shape index (κ3) is 4.97. The van der Waals surface area contributed by atoms with Crippen molar-refractivity contribution in [2.45, 2.75) is 0 Å². The third-order valence-corrected chi connectivity index (χ3v) is 16.4. The summed E-state index contributed by atoms with van der Waals surface area (Å²) in [5.74, 6) is 0. The molecule has 0 amide bonds. The number of fused-ring (bicyclic) bond motifs is 10. The number of rotatable bonds is 4. The Morgan fingerprint density at radius 2 is 0.733 bits per heavy atom. The number of benzene rings is 11. The van der Waals surface area contributed by atoms with Crippen LogP contribution in [0.2, 0.25) is 0 Å². The summed E-state index contributed by atoms with van der Waals surface area (Å²) < 4.78 is 5.61. The third-order valence-electron chi connectivity index (χ3n) is 12.7. The molecule has 0 unspecified atom stereocenters. The first-order valence-electron chi connectivity index (χ1n) is 20.6. The van der Waals surface area contributed by atoms with E-state index in [0.717, 1.165) is 0 Å². The predicted octanol–water partition coefficient (Wildman–Crippen LogP) is 16.7. The zero-order chi connectivity index (χ0) is 39.3. The molecule has 0 aliphatic carbocycles. The monoisotopic (exact) mass is 842 g/mol. The molecule has 0 saturated carbocycles. The van der Waals surface area contributed by atoms with E-state index in [1.54, 1.807) is 0 Å². The first-order chi connectivity index (χ1) is 29.8. The van der Waals surface area contributed by atoms with Gasteiger partial charge >= 0.3 is 359 Å². The molecular weight excluding hydrogens is 808 g/mol. The number of thiophene rings is 1. The molecule has 13 aromatic rings. The zero-order valence-electron chi connectivity index (χ0n) is 32.4. The van der Waals surface area contributed by atoms with Gasteiger partial charge < -0.3 is 0 Å². The van der Waals surface area contributed by atoms with Crippen molar-refractivity contribution in [3.8, 4) is 44.5 Å². The first kappa shape index (κ1) is 34.1. The van der Waals surface area contributed by atoms with Gasteiger partial charge in [0.25, 0.3) is 0 Å². The molecule has 0 saturated heterocycles. The zero-order valence-corrected chi connectivity index (χ0v) is 35.0. The van der Waals surface area contributed by atoms with Crippen LogP contribution in [0.3, 0.4) is 0 Å². The van der Waals surface area contributed by atoms with E-state index in [1.165, 1.54) is 127 Å². The number of hydrogen-bond donors (Lipinski definition) is 0. The Hall–Kier alpha value is -6.80. The summed E-state index contributed by atoms with van der Waals surface area (Å²) in [5, 5.41) is 15.8. The molecular formula is C58H34SSe. The summed E-state index contributed by atoms with van der Waals surface area (Å²) in [5.41, 5.74) is 10.5. The Balaban J connectivity index is 1.06. The normalized spacial score (nSPS) is 12.0. The fourth-order valence-electron chi connectivity index (χ4n) is 10.2. The van der Waals surface area contributed by atoms with Crippen molar-refractivity contribution < 1.29 is 0 Å². The second-order valence-corrected chi connectivity index (χ2v) is 19.1. The van der Waals surface area contributed by atoms with Gasteiger partial charge in [0.15, 0.2) is 0 Å². The molecule has 0 N–H and O–H groups in total. The van der Waals surface area contributed by atoms with Crippen LogP contribution in [-0.2, 0) is 0 Å². The van der Waals surface area contributed by atoms with Crippen molar-refractivity contribution >= 4 is 108 Å². The molecule has 13 rings (SSSR count). The Morgan fingerprint density at radius 1 is 0.283 bits per heavy atom. The van der Waals surface area contributed by atoms with Crippen molar-refractivity contribution in [1.82, 2.24) is 0 Å². The summed E-state index contributed by atoms with van der Waals surface area (Å²) in [6.45, 7) is 0. The van der Waals surface area contributed by atoms with E-state index in [4.69, 9.17) is 0 Å². The van der Waals surface area contributed by atoms with Crippen LogP contribution in [0.25, 0.3) is 127 Å². The topological polar surface area (TPSA) is 0 Å². The van der Waals surface area contributed by atoms with E-state index >= 15 is 0 Å². The maximum atomic E-state index is 2.51. The fourth-order valence-corrected chi connectivity index (χ4v) is 14.0. The molecule has 0 fully saturated rings. The van der Waals surface area contributed by atoms with Crippen molar-refractivity contribution in [2.24, 2.45) is 0 Å². The molecule has 0 radical (unpaired) electrons. The number of hydrogen-bond acceptors (Lipinski definition) is 1. The van der Waals surface area contributed by atoms with Crippen molar-refractivity contribution in [1.29, 1.82) is 0 Å². The average Bonchev–Trinajstić information content (AvgIpc) is 3.89. The van der Waals surface area contributed by atoms with Crippen LogP contribution >= 0.6 is 11.3 Å². The summed E-state index contributed by atoms with van der Waals surface area (Å²) in [6, 6.07) is 77.2. The van der Waals surface area contributed by atoms with Crippen LogP contribution < -0.4 is 0 Å². The van der Waals surface area contributed by atoms with Gasteiger partial charge in [-0.3, -0.25) is 0 Å². The molecule has 2 aromatic heterocycles. The molecule has 0 spiro atoms. The molecule has 2 heterocycles. The van der Waals surface area contributed by atoms with Gasteiger partial charge in [-0.2, -0.15) is 0 Å². The van der Waals surface area contributed by atoms with Gasteiger partial charge in [-0.1, -0.05) is 0 Å². The van der Waals surface area contributed by atoms with Crippen LogP contribution in [-0.4, -0.2) is 14.5 Å². The SMILES string of the molecule is c1ccc(-c2c3ccccc3c(-c3ccc4c(c3)[se]c3c(-c5c6ccccc6c(-c6cccc7c6sc6ccccc67)c6ccccc56)cccc34)c3ccccc23)cc1. The molecule has 2 heteroatoms. The Labute approximate surface area is 357 Å². The second kappa shape index (κ2) is 13.4. The van der Waals surface area contributed by atoms with E-state index in [2.05, 4.69) is 206 Å². The Kier molecular flexibility index (Phi) is 7.59. The minimum absolute atomic E-state index is 0.108. The van der Waals surface area contributed by atoms with Gasteiger partial charge in [-0.25, -0.2) is 0 Å². The first-order valence-corrected chi connectivity index (χ1v) is 23.1. The summed E-state index contributed by atoms with van der Waals surface area (Å²) in [6.07, 6.45) is 0. The van der Waals surface area contributed by atoms with Gasteiger partial charge in [0.1, 0.15) is 0 Å². The van der Waals surface area contributed by atoms with Gasteiger partial charge in [0, 0.05) is 0 Å². The quantitative estimate of drug-likeness (QED) is 0.122. The average molecular weight is 842 g/mol. The molecule has 0 bridgehead atoms. The molecule has 60 heavy (non-hydrogen) atoms. The molecule has 278 valence electrons. The van der Waals surface area contributed by atoms with Crippen molar-refractivity contribution in [3.63, 3.8) is 0 Å². The van der Waals surface area contributed by atoms with Crippen molar-refractivity contribution in [3.05, 3.63) is 206 Å². The molecule has 0 atom stereocenters. The van der Waals surface area contributed by atoms with E-state index in [-0.39, 0.29) is 14.5 Å². The van der Waals surface area contributed by atoms with Gasteiger partial charge in [0.05, 0.1) is 0 Å². The van der Waals surface area contributed by atoms with Crippen molar-refractivity contribution in [2.75, 3.05) is 0 Å². The van der Waals surface area contributed by atoms with E-state index in [0.29, 0.717) is 0 Å². The van der Waals surface area contributed by atoms with Gasteiger partial charge in [-0.05, 0) is 0 Å². The Bertz CT molecular complexity index is 3770. The second-order valence-electron chi connectivity index (χ2n) is 15.8. The van der Waals surface area contributed by atoms with Gasteiger partial charge in [0.2, 0.25) is 0 Å². The standard InChI is InChI=1S/C58H34SSe/c1-2-16-35(17-3-1)53-39-19-4-6-21-41(39)54(42-22-7-5-20-40(42)53)36-32-33-38-48-28-15-30-50(58(48)60-52(38)34-36)56-45-25-10-8-23-43(45)55(44-24-9-11-26-46(44)56)49-29-14-27-47-37-18-12-13-31-51(37)59-57(47)49/h1-34H. The van der Waals surface area contributed by atoms with E-state index in [9.17, 15) is 0 Å². The minimum atomic E-state index is 0.108. The Morgan fingerprint density at radius 3 is 1.33 bits per heavy atom. The molecule has 0 aliphatic rings. The summed E-state index contributed by atoms with van der Waals surface area (Å²) >= 11 is 2.02.